The molecule has 0 spiro atoms. The zero-order valence-corrected chi connectivity index (χ0v) is 9.99. The van der Waals surface area contributed by atoms with E-state index >= 15 is 0 Å². The summed E-state index contributed by atoms with van der Waals surface area (Å²) in [5.41, 5.74) is 2.78. The van der Waals surface area contributed by atoms with Crippen molar-refractivity contribution in [2.75, 3.05) is 6.61 Å². The van der Waals surface area contributed by atoms with Crippen LogP contribution in [0.25, 0.3) is 0 Å². The lowest BCUT2D eigenvalue weighted by atomic mass is 9.78. The van der Waals surface area contributed by atoms with Gasteiger partial charge in [-0.15, -0.1) is 0 Å². The molecule has 0 amide bonds. The fourth-order valence-corrected chi connectivity index (χ4v) is 1.74. The van der Waals surface area contributed by atoms with Gasteiger partial charge in [0, 0.05) is 0 Å². The van der Waals surface area contributed by atoms with Crippen LogP contribution in [-0.2, 0) is 9.31 Å². The van der Waals surface area contributed by atoms with Crippen LogP contribution in [0.5, 0.6) is 0 Å². The van der Waals surface area contributed by atoms with E-state index in [1.807, 2.05) is 39.0 Å². The van der Waals surface area contributed by atoms with Crippen molar-refractivity contribution < 1.29 is 9.31 Å². The highest BCUT2D eigenvalue weighted by atomic mass is 16.7. The highest BCUT2D eigenvalue weighted by Crippen LogP contribution is 2.21. The van der Waals surface area contributed by atoms with Gasteiger partial charge in [-0.05, 0) is 44.6 Å². The molecule has 4 heteroatoms. The van der Waals surface area contributed by atoms with Crippen molar-refractivity contribution in [2.45, 2.75) is 26.4 Å². The van der Waals surface area contributed by atoms with Gasteiger partial charge in [-0.2, -0.15) is 0 Å². The molecule has 1 aliphatic rings. The summed E-state index contributed by atoms with van der Waals surface area (Å²) in [4.78, 5) is 3.98. The van der Waals surface area contributed by atoms with Gasteiger partial charge in [0.1, 0.15) is 0 Å². The minimum atomic E-state index is -0.281. The molecule has 1 aliphatic heterocycles. The Morgan fingerprint density at radius 1 is 1.44 bits per heavy atom. The lowest BCUT2D eigenvalue weighted by Gasteiger charge is -2.15. The standard InChI is InChI=1S/C12H16BNO2/c1-9-5-6-10(7-11(9)14-4)13-15-8-12(2,3)16-13/h5-7H,4,8H2,1-3H3. The summed E-state index contributed by atoms with van der Waals surface area (Å²) in [7, 11) is -0.281. The Labute approximate surface area is 96.6 Å². The molecule has 0 aliphatic carbocycles. The highest BCUT2D eigenvalue weighted by Gasteiger charge is 2.38. The van der Waals surface area contributed by atoms with E-state index in [9.17, 15) is 0 Å². The molecule has 0 unspecified atom stereocenters. The molecule has 1 fully saturated rings. The summed E-state index contributed by atoms with van der Waals surface area (Å²) in [6.07, 6.45) is 0. The molecule has 0 bridgehead atoms. The van der Waals surface area contributed by atoms with Gasteiger partial charge in [0.25, 0.3) is 0 Å². The molecule has 1 heterocycles. The molecule has 0 N–H and O–H groups in total. The second-order valence-corrected chi connectivity index (χ2v) is 4.72. The molecule has 0 radical (unpaired) electrons. The van der Waals surface area contributed by atoms with E-state index in [-0.39, 0.29) is 12.7 Å². The Morgan fingerprint density at radius 3 is 2.75 bits per heavy atom. The fourth-order valence-electron chi connectivity index (χ4n) is 1.74. The van der Waals surface area contributed by atoms with Crippen LogP contribution in [0.15, 0.2) is 23.2 Å². The van der Waals surface area contributed by atoms with Gasteiger partial charge in [0.15, 0.2) is 0 Å². The summed E-state index contributed by atoms with van der Waals surface area (Å²) >= 11 is 0. The summed E-state index contributed by atoms with van der Waals surface area (Å²) in [6, 6.07) is 5.99. The van der Waals surface area contributed by atoms with Crippen LogP contribution in [0, 0.1) is 6.92 Å². The van der Waals surface area contributed by atoms with Gasteiger partial charge in [-0.1, -0.05) is 12.1 Å². The molecular formula is C12H16BNO2. The highest BCUT2D eigenvalue weighted by molar-refractivity contribution is 6.62. The maximum atomic E-state index is 5.79. The average molecular weight is 217 g/mol. The first-order valence-corrected chi connectivity index (χ1v) is 5.38. The largest absolute Gasteiger partial charge is 0.494 e. The molecule has 1 aromatic rings. The third-order valence-electron chi connectivity index (χ3n) is 2.68. The molecule has 16 heavy (non-hydrogen) atoms. The predicted octanol–water partition coefficient (Wildman–Crippen LogP) is 1.85. The Bertz CT molecular complexity index is 417. The summed E-state index contributed by atoms with van der Waals surface area (Å²) in [5.74, 6) is 0. The van der Waals surface area contributed by atoms with Crippen LogP contribution in [0.3, 0.4) is 0 Å². The lowest BCUT2D eigenvalue weighted by Crippen LogP contribution is -2.34. The zero-order chi connectivity index (χ0) is 11.8. The number of benzene rings is 1. The summed E-state index contributed by atoms with van der Waals surface area (Å²) in [5, 5.41) is 0. The van der Waals surface area contributed by atoms with Crippen molar-refractivity contribution in [3.8, 4) is 0 Å². The molecule has 1 saturated heterocycles. The quantitative estimate of drug-likeness (QED) is 0.559. The van der Waals surface area contributed by atoms with Crippen molar-refractivity contribution in [1.82, 2.24) is 0 Å². The normalized spacial score (nSPS) is 18.8. The van der Waals surface area contributed by atoms with Gasteiger partial charge >= 0.3 is 7.12 Å². The van der Waals surface area contributed by atoms with Crippen LogP contribution in [0.2, 0.25) is 0 Å². The topological polar surface area (TPSA) is 30.8 Å². The van der Waals surface area contributed by atoms with Crippen LogP contribution in [0.1, 0.15) is 19.4 Å². The number of aryl methyl sites for hydroxylation is 1. The number of rotatable bonds is 2. The second kappa shape index (κ2) is 4.03. The van der Waals surface area contributed by atoms with E-state index in [0.717, 1.165) is 16.7 Å². The van der Waals surface area contributed by atoms with Gasteiger partial charge in [0.2, 0.25) is 0 Å². The molecule has 0 saturated carbocycles. The minimum Gasteiger partial charge on any atom is -0.404 e. The van der Waals surface area contributed by atoms with Gasteiger partial charge in [-0.25, -0.2) is 0 Å². The van der Waals surface area contributed by atoms with Gasteiger partial charge < -0.3 is 9.31 Å². The molecule has 0 aromatic heterocycles. The third-order valence-corrected chi connectivity index (χ3v) is 2.68. The average Bonchev–Trinajstić information content (AvgIpc) is 2.59. The van der Waals surface area contributed by atoms with E-state index < -0.39 is 0 Å². The Hall–Kier alpha value is -1.13. The number of nitrogens with zero attached hydrogens (tertiary/aromatic N) is 1. The molecule has 3 nitrogen and oxygen atoms in total. The monoisotopic (exact) mass is 217 g/mol. The first kappa shape index (κ1) is 11.4. The SMILES string of the molecule is C=Nc1cc(B2OCC(C)(C)O2)ccc1C. The van der Waals surface area contributed by atoms with Gasteiger partial charge in [0.05, 0.1) is 17.9 Å². The van der Waals surface area contributed by atoms with Crippen LogP contribution in [-0.4, -0.2) is 26.0 Å². The van der Waals surface area contributed by atoms with Crippen LogP contribution >= 0.6 is 0 Å². The first-order valence-electron chi connectivity index (χ1n) is 5.38. The maximum Gasteiger partial charge on any atom is 0.494 e. The van der Waals surface area contributed by atoms with Crippen molar-refractivity contribution in [1.29, 1.82) is 0 Å². The Balaban J connectivity index is 2.25. The molecular weight excluding hydrogens is 201 g/mol. The first-order chi connectivity index (χ1) is 7.52. The van der Waals surface area contributed by atoms with Crippen molar-refractivity contribution in [2.24, 2.45) is 4.99 Å². The zero-order valence-electron chi connectivity index (χ0n) is 9.99. The van der Waals surface area contributed by atoms with Crippen molar-refractivity contribution in [3.63, 3.8) is 0 Å². The molecule has 1 aromatic carbocycles. The van der Waals surface area contributed by atoms with Gasteiger partial charge in [-0.3, -0.25) is 4.99 Å². The van der Waals surface area contributed by atoms with Crippen molar-refractivity contribution in [3.05, 3.63) is 23.8 Å². The second-order valence-electron chi connectivity index (χ2n) is 4.72. The molecule has 84 valence electrons. The third kappa shape index (κ3) is 2.18. The van der Waals surface area contributed by atoms with Crippen LogP contribution < -0.4 is 5.46 Å². The van der Waals surface area contributed by atoms with E-state index in [4.69, 9.17) is 9.31 Å². The minimum absolute atomic E-state index is 0.211. The van der Waals surface area contributed by atoms with Crippen LogP contribution in [0.4, 0.5) is 5.69 Å². The van der Waals surface area contributed by atoms with E-state index in [1.165, 1.54) is 0 Å². The van der Waals surface area contributed by atoms with E-state index in [0.29, 0.717) is 6.61 Å². The van der Waals surface area contributed by atoms with Crippen molar-refractivity contribution >= 4 is 25.0 Å². The summed E-state index contributed by atoms with van der Waals surface area (Å²) < 4.78 is 11.4. The lowest BCUT2D eigenvalue weighted by molar-refractivity contribution is 0.137. The summed E-state index contributed by atoms with van der Waals surface area (Å²) in [6.45, 7) is 10.2. The maximum absolute atomic E-state index is 5.79. The number of hydrogen-bond acceptors (Lipinski definition) is 3. The van der Waals surface area contributed by atoms with E-state index in [1.54, 1.807) is 0 Å². The fraction of sp³-hybridized carbons (Fsp3) is 0.417. The number of aliphatic imine (C=N–C) groups is 1. The van der Waals surface area contributed by atoms with E-state index in [2.05, 4.69) is 11.7 Å². The number of hydrogen-bond donors (Lipinski definition) is 0. The Kier molecular flexibility index (Phi) is 2.87. The molecule has 0 atom stereocenters. The predicted molar refractivity (Wildman–Crippen MR) is 66.9 cm³/mol. The Morgan fingerprint density at radius 2 is 2.19 bits per heavy atom. The molecule has 2 rings (SSSR count). The smallest absolute Gasteiger partial charge is 0.404 e.